The molecule has 1 heterocycles. The Morgan fingerprint density at radius 2 is 2.06 bits per heavy atom. The molecule has 1 aliphatic heterocycles. The van der Waals surface area contributed by atoms with Crippen LogP contribution in [0.4, 0.5) is 0 Å². The van der Waals surface area contributed by atoms with Gasteiger partial charge in [-0.05, 0) is 32.6 Å². The van der Waals surface area contributed by atoms with Crippen molar-refractivity contribution >= 4 is 11.8 Å². The first-order valence-electron chi connectivity index (χ1n) is 6.83. The van der Waals surface area contributed by atoms with Gasteiger partial charge in [-0.3, -0.25) is 0 Å². The first-order valence-corrected chi connectivity index (χ1v) is 7.88. The molecular weight excluding hydrogens is 218 g/mol. The maximum atomic E-state index is 5.68. The fourth-order valence-electron chi connectivity index (χ4n) is 2.70. The molecule has 0 aromatic rings. The van der Waals surface area contributed by atoms with Crippen molar-refractivity contribution in [3.8, 4) is 0 Å². The third-order valence-electron chi connectivity index (χ3n) is 3.75. The Morgan fingerprint density at radius 3 is 2.75 bits per heavy atom. The molecule has 94 valence electrons. The minimum atomic E-state index is 0.469. The Balaban J connectivity index is 1.50. The van der Waals surface area contributed by atoms with Crippen LogP contribution >= 0.6 is 11.8 Å². The van der Waals surface area contributed by atoms with E-state index in [1.165, 1.54) is 44.3 Å². The molecule has 1 N–H and O–H groups in total. The van der Waals surface area contributed by atoms with Gasteiger partial charge in [0.2, 0.25) is 0 Å². The number of nitrogens with one attached hydrogen (secondary N) is 1. The molecule has 1 saturated carbocycles. The topological polar surface area (TPSA) is 21.3 Å². The van der Waals surface area contributed by atoms with E-state index in [-0.39, 0.29) is 0 Å². The Hall–Kier alpha value is 0.270. The summed E-state index contributed by atoms with van der Waals surface area (Å²) in [6.45, 7) is 4.37. The second kappa shape index (κ2) is 6.87. The average molecular weight is 243 g/mol. The fraction of sp³-hybridized carbons (Fsp3) is 1.00. The van der Waals surface area contributed by atoms with Crippen LogP contribution < -0.4 is 5.32 Å². The summed E-state index contributed by atoms with van der Waals surface area (Å²) in [5.41, 5.74) is 0. The molecule has 0 bridgehead atoms. The summed E-state index contributed by atoms with van der Waals surface area (Å²) in [4.78, 5) is 0. The molecule has 2 unspecified atom stereocenters. The second-order valence-electron chi connectivity index (χ2n) is 5.07. The van der Waals surface area contributed by atoms with E-state index in [2.05, 4.69) is 24.0 Å². The Labute approximate surface area is 104 Å². The lowest BCUT2D eigenvalue weighted by Gasteiger charge is -2.20. The van der Waals surface area contributed by atoms with Crippen LogP contribution in [0, 0.1) is 0 Å². The smallest absolute Gasteiger partial charge is 0.0726 e. The van der Waals surface area contributed by atoms with E-state index in [0.29, 0.717) is 12.1 Å². The summed E-state index contributed by atoms with van der Waals surface area (Å²) in [7, 11) is 0. The molecule has 2 atom stereocenters. The van der Waals surface area contributed by atoms with Crippen LogP contribution in [-0.4, -0.2) is 36.3 Å². The molecule has 16 heavy (non-hydrogen) atoms. The Kier molecular flexibility index (Phi) is 5.46. The van der Waals surface area contributed by atoms with Gasteiger partial charge in [0.05, 0.1) is 6.10 Å². The van der Waals surface area contributed by atoms with E-state index in [1.807, 2.05) is 0 Å². The van der Waals surface area contributed by atoms with Crippen LogP contribution in [0.3, 0.4) is 0 Å². The van der Waals surface area contributed by atoms with Gasteiger partial charge >= 0.3 is 0 Å². The zero-order valence-corrected chi connectivity index (χ0v) is 11.2. The predicted octanol–water partition coefficient (Wildman–Crippen LogP) is 2.82. The molecule has 2 aliphatic rings. The third kappa shape index (κ3) is 3.94. The first-order chi connectivity index (χ1) is 7.86. The van der Waals surface area contributed by atoms with Crippen LogP contribution in [0.5, 0.6) is 0 Å². The summed E-state index contributed by atoms with van der Waals surface area (Å²) in [5.74, 6) is 1.27. The maximum absolute atomic E-state index is 5.68. The molecule has 0 spiro atoms. The van der Waals surface area contributed by atoms with Crippen molar-refractivity contribution < 1.29 is 4.74 Å². The van der Waals surface area contributed by atoms with Gasteiger partial charge in [-0.25, -0.2) is 0 Å². The highest BCUT2D eigenvalue weighted by Gasteiger charge is 2.21. The van der Waals surface area contributed by atoms with Crippen molar-refractivity contribution in [1.82, 2.24) is 5.32 Å². The van der Waals surface area contributed by atoms with Crippen molar-refractivity contribution in [3.05, 3.63) is 0 Å². The van der Waals surface area contributed by atoms with Crippen molar-refractivity contribution in [2.75, 3.05) is 18.9 Å². The highest BCUT2D eigenvalue weighted by atomic mass is 32.2. The third-order valence-corrected chi connectivity index (χ3v) is 5.13. The monoisotopic (exact) mass is 243 g/mol. The molecule has 1 saturated heterocycles. The minimum Gasteiger partial charge on any atom is -0.377 e. The molecule has 1 aliphatic carbocycles. The standard InChI is InChI=1S/C13H25NOS/c1-11(13-7-4-9-15-13)14-8-10-16-12-5-2-3-6-12/h11-14H,2-10H2,1H3. The Bertz CT molecular complexity index is 188. The van der Waals surface area contributed by atoms with Crippen LogP contribution in [0.25, 0.3) is 0 Å². The lowest BCUT2D eigenvalue weighted by atomic mass is 10.1. The van der Waals surface area contributed by atoms with Crippen molar-refractivity contribution in [2.45, 2.75) is 62.8 Å². The Morgan fingerprint density at radius 1 is 1.25 bits per heavy atom. The maximum Gasteiger partial charge on any atom is 0.0726 e. The normalized spacial score (nSPS) is 28.7. The number of thioether (sulfide) groups is 1. The zero-order valence-electron chi connectivity index (χ0n) is 10.4. The minimum absolute atomic E-state index is 0.469. The lowest BCUT2D eigenvalue weighted by Crippen LogP contribution is -2.38. The summed E-state index contributed by atoms with van der Waals surface area (Å²) in [6, 6.07) is 0.534. The number of hydrogen-bond donors (Lipinski definition) is 1. The molecule has 0 amide bonds. The van der Waals surface area contributed by atoms with Crippen LogP contribution in [0.2, 0.25) is 0 Å². The van der Waals surface area contributed by atoms with E-state index in [9.17, 15) is 0 Å². The molecule has 0 aromatic heterocycles. The van der Waals surface area contributed by atoms with Crippen LogP contribution in [0.1, 0.15) is 45.4 Å². The molecule has 2 fully saturated rings. The lowest BCUT2D eigenvalue weighted by molar-refractivity contribution is 0.0844. The van der Waals surface area contributed by atoms with E-state index in [1.54, 1.807) is 0 Å². The van der Waals surface area contributed by atoms with E-state index in [0.717, 1.165) is 18.4 Å². The first kappa shape index (κ1) is 12.7. The average Bonchev–Trinajstić information content (AvgIpc) is 2.96. The molecule has 0 radical (unpaired) electrons. The molecule has 0 aromatic carbocycles. The van der Waals surface area contributed by atoms with Gasteiger partial charge in [-0.2, -0.15) is 11.8 Å². The van der Waals surface area contributed by atoms with Gasteiger partial charge in [0.25, 0.3) is 0 Å². The van der Waals surface area contributed by atoms with Gasteiger partial charge in [0.15, 0.2) is 0 Å². The summed E-state index contributed by atoms with van der Waals surface area (Å²) < 4.78 is 5.68. The molecular formula is C13H25NOS. The van der Waals surface area contributed by atoms with Gasteiger partial charge in [0, 0.05) is 30.2 Å². The zero-order chi connectivity index (χ0) is 11.2. The number of rotatable bonds is 6. The van der Waals surface area contributed by atoms with Gasteiger partial charge < -0.3 is 10.1 Å². The van der Waals surface area contributed by atoms with Crippen molar-refractivity contribution in [2.24, 2.45) is 0 Å². The predicted molar refractivity (Wildman–Crippen MR) is 71.2 cm³/mol. The number of ether oxygens (including phenoxy) is 1. The van der Waals surface area contributed by atoms with Gasteiger partial charge in [0.1, 0.15) is 0 Å². The van der Waals surface area contributed by atoms with Crippen LogP contribution in [0.15, 0.2) is 0 Å². The highest BCUT2D eigenvalue weighted by Crippen LogP contribution is 2.28. The molecule has 3 heteroatoms. The van der Waals surface area contributed by atoms with Crippen molar-refractivity contribution in [1.29, 1.82) is 0 Å². The van der Waals surface area contributed by atoms with E-state index < -0.39 is 0 Å². The summed E-state index contributed by atoms with van der Waals surface area (Å²) in [5, 5.41) is 4.56. The van der Waals surface area contributed by atoms with Crippen LogP contribution in [-0.2, 0) is 4.74 Å². The number of hydrogen-bond acceptors (Lipinski definition) is 3. The molecule has 2 rings (SSSR count). The summed E-state index contributed by atoms with van der Waals surface area (Å²) >= 11 is 2.17. The fourth-order valence-corrected chi connectivity index (χ4v) is 3.93. The van der Waals surface area contributed by atoms with E-state index >= 15 is 0 Å². The van der Waals surface area contributed by atoms with Gasteiger partial charge in [-0.1, -0.05) is 12.8 Å². The quantitative estimate of drug-likeness (QED) is 0.725. The summed E-state index contributed by atoms with van der Waals surface area (Å²) in [6.07, 6.45) is 8.76. The van der Waals surface area contributed by atoms with Gasteiger partial charge in [-0.15, -0.1) is 0 Å². The molecule has 2 nitrogen and oxygen atoms in total. The van der Waals surface area contributed by atoms with E-state index in [4.69, 9.17) is 4.74 Å². The second-order valence-corrected chi connectivity index (χ2v) is 6.48. The van der Waals surface area contributed by atoms with Crippen molar-refractivity contribution in [3.63, 3.8) is 0 Å². The SMILES string of the molecule is CC(NCCSC1CCCC1)C1CCCO1. The largest absolute Gasteiger partial charge is 0.377 e. The highest BCUT2D eigenvalue weighted by molar-refractivity contribution is 7.99.